The van der Waals surface area contributed by atoms with Gasteiger partial charge in [-0.2, -0.15) is 0 Å². The standard InChI is InChI=1S/C18H19ClFN3O3/c19-7-17(24)21-15-9-23(8-13(15)10-1-2-10)18(25)6-14-12-5-11(20)3-4-16(12)26-22-14/h3-5,10,13,15H,1-2,6-9H2,(H,21,24)/t13-,15+/m0/s1. The Hall–Kier alpha value is -2.15. The third-order valence-electron chi connectivity index (χ3n) is 5.24. The van der Waals surface area contributed by atoms with E-state index >= 15 is 0 Å². The van der Waals surface area contributed by atoms with Crippen LogP contribution in [0.1, 0.15) is 18.5 Å². The van der Waals surface area contributed by atoms with Crippen LogP contribution in [0.3, 0.4) is 0 Å². The first-order valence-electron chi connectivity index (χ1n) is 8.72. The first-order chi connectivity index (χ1) is 12.5. The van der Waals surface area contributed by atoms with Gasteiger partial charge < -0.3 is 14.7 Å². The van der Waals surface area contributed by atoms with E-state index < -0.39 is 5.82 Å². The molecule has 8 heteroatoms. The van der Waals surface area contributed by atoms with E-state index in [1.165, 1.54) is 18.2 Å². The maximum absolute atomic E-state index is 13.5. The summed E-state index contributed by atoms with van der Waals surface area (Å²) in [5, 5.41) is 7.37. The largest absolute Gasteiger partial charge is 0.356 e. The van der Waals surface area contributed by atoms with Gasteiger partial charge in [-0.05, 0) is 37.0 Å². The van der Waals surface area contributed by atoms with Gasteiger partial charge in [-0.1, -0.05) is 5.16 Å². The molecule has 1 aromatic heterocycles. The van der Waals surface area contributed by atoms with Gasteiger partial charge in [0.1, 0.15) is 17.4 Å². The summed E-state index contributed by atoms with van der Waals surface area (Å²) in [5.74, 6) is 0.0202. The number of hydrogen-bond acceptors (Lipinski definition) is 4. The average Bonchev–Trinajstić information content (AvgIpc) is 3.28. The number of amides is 2. The molecule has 4 rings (SSSR count). The molecule has 0 bridgehead atoms. The predicted octanol–water partition coefficient (Wildman–Crippen LogP) is 2.10. The highest BCUT2D eigenvalue weighted by atomic mass is 35.5. The Balaban J connectivity index is 1.47. The van der Waals surface area contributed by atoms with Gasteiger partial charge in [-0.15, -0.1) is 11.6 Å². The summed E-state index contributed by atoms with van der Waals surface area (Å²) in [6.07, 6.45) is 2.31. The Kier molecular flexibility index (Phi) is 4.56. The maximum atomic E-state index is 13.5. The topological polar surface area (TPSA) is 75.4 Å². The minimum atomic E-state index is -0.395. The molecule has 138 valence electrons. The van der Waals surface area contributed by atoms with Crippen LogP contribution in [0.25, 0.3) is 11.0 Å². The Morgan fingerprint density at radius 3 is 2.88 bits per heavy atom. The zero-order valence-corrected chi connectivity index (χ0v) is 14.8. The van der Waals surface area contributed by atoms with Crippen LogP contribution >= 0.6 is 11.6 Å². The molecule has 1 aromatic carbocycles. The van der Waals surface area contributed by atoms with E-state index in [0.29, 0.717) is 35.7 Å². The summed E-state index contributed by atoms with van der Waals surface area (Å²) in [6, 6.07) is 4.06. The Labute approximate surface area is 154 Å². The van der Waals surface area contributed by atoms with Crippen molar-refractivity contribution < 1.29 is 18.5 Å². The van der Waals surface area contributed by atoms with Crippen LogP contribution in [0, 0.1) is 17.7 Å². The van der Waals surface area contributed by atoms with Crippen molar-refractivity contribution in [1.29, 1.82) is 0 Å². The molecule has 2 heterocycles. The number of aromatic nitrogens is 1. The molecule has 1 N–H and O–H groups in total. The van der Waals surface area contributed by atoms with Crippen LogP contribution in [0.15, 0.2) is 22.7 Å². The molecule has 26 heavy (non-hydrogen) atoms. The Morgan fingerprint density at radius 2 is 2.15 bits per heavy atom. The van der Waals surface area contributed by atoms with E-state index in [4.69, 9.17) is 16.1 Å². The lowest BCUT2D eigenvalue weighted by Gasteiger charge is -2.18. The number of nitrogens with one attached hydrogen (secondary N) is 1. The number of halogens is 2. The second-order valence-electron chi connectivity index (χ2n) is 7.05. The molecule has 1 saturated carbocycles. The van der Waals surface area contributed by atoms with Crippen molar-refractivity contribution in [2.45, 2.75) is 25.3 Å². The van der Waals surface area contributed by atoms with Crippen molar-refractivity contribution in [2.24, 2.45) is 11.8 Å². The van der Waals surface area contributed by atoms with Crippen molar-refractivity contribution >= 4 is 34.4 Å². The number of fused-ring (bicyclic) bond motifs is 1. The van der Waals surface area contributed by atoms with Crippen molar-refractivity contribution in [3.63, 3.8) is 0 Å². The smallest absolute Gasteiger partial charge is 0.235 e. The van der Waals surface area contributed by atoms with Gasteiger partial charge in [-0.3, -0.25) is 9.59 Å². The summed E-state index contributed by atoms with van der Waals surface area (Å²) in [4.78, 5) is 26.2. The van der Waals surface area contributed by atoms with Crippen LogP contribution < -0.4 is 5.32 Å². The average molecular weight is 380 g/mol. The van der Waals surface area contributed by atoms with E-state index in [0.717, 1.165) is 12.8 Å². The van der Waals surface area contributed by atoms with Gasteiger partial charge in [0.05, 0.1) is 12.5 Å². The summed E-state index contributed by atoms with van der Waals surface area (Å²) < 4.78 is 18.6. The molecule has 1 aliphatic carbocycles. The molecule has 2 fully saturated rings. The third kappa shape index (κ3) is 3.40. The first kappa shape index (κ1) is 17.3. The molecular formula is C18H19ClFN3O3. The quantitative estimate of drug-likeness (QED) is 0.807. The first-order valence-corrected chi connectivity index (χ1v) is 9.25. The van der Waals surface area contributed by atoms with Crippen LogP contribution in [-0.4, -0.2) is 46.9 Å². The normalized spacial score (nSPS) is 22.8. The highest BCUT2D eigenvalue weighted by Gasteiger charge is 2.44. The molecule has 2 amide bonds. The molecule has 1 aliphatic heterocycles. The van der Waals surface area contributed by atoms with Crippen molar-refractivity contribution in [1.82, 2.24) is 15.4 Å². The highest BCUT2D eigenvalue weighted by molar-refractivity contribution is 6.27. The summed E-state index contributed by atoms with van der Waals surface area (Å²) in [6.45, 7) is 1.08. The molecule has 6 nitrogen and oxygen atoms in total. The van der Waals surface area contributed by atoms with Crippen molar-refractivity contribution in [3.8, 4) is 0 Å². The Morgan fingerprint density at radius 1 is 1.35 bits per heavy atom. The van der Waals surface area contributed by atoms with Gasteiger partial charge in [0.15, 0.2) is 5.58 Å². The van der Waals surface area contributed by atoms with Crippen LogP contribution in [0.5, 0.6) is 0 Å². The molecule has 1 saturated heterocycles. The number of benzene rings is 1. The van der Waals surface area contributed by atoms with Gasteiger partial charge >= 0.3 is 0 Å². The fourth-order valence-corrected chi connectivity index (χ4v) is 3.85. The van der Waals surface area contributed by atoms with Crippen molar-refractivity contribution in [2.75, 3.05) is 19.0 Å². The lowest BCUT2D eigenvalue weighted by molar-refractivity contribution is -0.130. The SMILES string of the molecule is O=C(CCl)N[C@@H]1CN(C(=O)Cc2noc3ccc(F)cc23)C[C@H]1C1CC1. The predicted molar refractivity (Wildman–Crippen MR) is 93.1 cm³/mol. The molecule has 0 radical (unpaired) electrons. The molecule has 2 aromatic rings. The van der Waals surface area contributed by atoms with Crippen LogP contribution in [0.2, 0.25) is 0 Å². The molecule has 0 unspecified atom stereocenters. The highest BCUT2D eigenvalue weighted by Crippen LogP contribution is 2.41. The summed E-state index contributed by atoms with van der Waals surface area (Å²) in [7, 11) is 0. The lowest BCUT2D eigenvalue weighted by atomic mass is 9.98. The fourth-order valence-electron chi connectivity index (χ4n) is 3.78. The van der Waals surface area contributed by atoms with E-state index in [9.17, 15) is 14.0 Å². The third-order valence-corrected chi connectivity index (χ3v) is 5.48. The number of carbonyl (C=O) groups is 2. The fraction of sp³-hybridized carbons (Fsp3) is 0.500. The monoisotopic (exact) mass is 379 g/mol. The van der Waals surface area contributed by atoms with E-state index in [1.54, 1.807) is 4.90 Å². The molecule has 2 aliphatic rings. The molecule has 0 spiro atoms. The second-order valence-corrected chi connectivity index (χ2v) is 7.32. The maximum Gasteiger partial charge on any atom is 0.235 e. The van der Waals surface area contributed by atoms with Gasteiger partial charge in [0, 0.05) is 24.4 Å². The number of likely N-dealkylation sites (tertiary alicyclic amines) is 1. The zero-order valence-electron chi connectivity index (χ0n) is 14.1. The summed E-state index contributed by atoms with van der Waals surface area (Å²) >= 11 is 5.59. The van der Waals surface area contributed by atoms with Gasteiger partial charge in [0.2, 0.25) is 11.8 Å². The van der Waals surface area contributed by atoms with Crippen LogP contribution in [-0.2, 0) is 16.0 Å². The summed E-state index contributed by atoms with van der Waals surface area (Å²) in [5.41, 5.74) is 0.888. The number of carbonyl (C=O) groups excluding carboxylic acids is 2. The number of rotatable bonds is 5. The number of nitrogens with zero attached hydrogens (tertiary/aromatic N) is 2. The van der Waals surface area contributed by atoms with E-state index in [1.807, 2.05) is 0 Å². The number of hydrogen-bond donors (Lipinski definition) is 1. The lowest BCUT2D eigenvalue weighted by Crippen LogP contribution is -2.42. The minimum Gasteiger partial charge on any atom is -0.356 e. The van der Waals surface area contributed by atoms with Crippen molar-refractivity contribution in [3.05, 3.63) is 29.7 Å². The van der Waals surface area contributed by atoms with Gasteiger partial charge in [0.25, 0.3) is 0 Å². The minimum absolute atomic E-state index is 0.0456. The molecular weight excluding hydrogens is 361 g/mol. The second kappa shape index (κ2) is 6.87. The van der Waals surface area contributed by atoms with Gasteiger partial charge in [-0.25, -0.2) is 4.39 Å². The van der Waals surface area contributed by atoms with E-state index in [-0.39, 0.29) is 36.1 Å². The molecule has 2 atom stereocenters. The van der Waals surface area contributed by atoms with E-state index in [2.05, 4.69) is 10.5 Å². The Bertz CT molecular complexity index is 851. The van der Waals surface area contributed by atoms with Crippen LogP contribution in [0.4, 0.5) is 4.39 Å². The zero-order chi connectivity index (χ0) is 18.3. The number of alkyl halides is 1.